The zero-order valence-electron chi connectivity index (χ0n) is 12.1. The van der Waals surface area contributed by atoms with Crippen molar-refractivity contribution >= 4 is 11.6 Å². The molecule has 0 bridgehead atoms. The van der Waals surface area contributed by atoms with Crippen LogP contribution in [-0.2, 0) is 4.79 Å². The summed E-state index contributed by atoms with van der Waals surface area (Å²) < 4.78 is 45.5. The molecule has 2 rings (SSSR count). The summed E-state index contributed by atoms with van der Waals surface area (Å²) >= 11 is 0. The van der Waals surface area contributed by atoms with Crippen LogP contribution in [0.2, 0.25) is 0 Å². The number of carbonyl (C=O) groups excluding carboxylic acids is 1. The largest absolute Gasteiger partial charge is 0.573 e. The first kappa shape index (κ1) is 17.1. The molecular weight excluding hydrogens is 325 g/mol. The highest BCUT2D eigenvalue weighted by Gasteiger charge is 2.31. The predicted octanol–water partition coefficient (Wildman–Crippen LogP) is 3.47. The summed E-state index contributed by atoms with van der Waals surface area (Å²) in [7, 11) is 0. The molecule has 0 atom stereocenters. The van der Waals surface area contributed by atoms with Crippen molar-refractivity contribution in [3.8, 4) is 17.6 Å². The Kier molecular flexibility index (Phi) is 5.27. The van der Waals surface area contributed by atoms with E-state index in [-0.39, 0.29) is 17.0 Å². The first-order valence-electron chi connectivity index (χ1n) is 6.65. The molecule has 0 aliphatic carbocycles. The van der Waals surface area contributed by atoms with Gasteiger partial charge in [0.1, 0.15) is 17.6 Å². The first-order chi connectivity index (χ1) is 11.4. The lowest BCUT2D eigenvalue weighted by Gasteiger charge is -2.11. The zero-order valence-corrected chi connectivity index (χ0v) is 12.1. The maximum Gasteiger partial charge on any atom is 0.573 e. The van der Waals surface area contributed by atoms with Crippen molar-refractivity contribution in [1.29, 1.82) is 5.26 Å². The van der Waals surface area contributed by atoms with E-state index in [0.717, 1.165) is 12.1 Å². The summed E-state index contributed by atoms with van der Waals surface area (Å²) in [5.41, 5.74) is 0.393. The van der Waals surface area contributed by atoms with Gasteiger partial charge in [-0.15, -0.1) is 13.2 Å². The Morgan fingerprint density at radius 3 is 2.62 bits per heavy atom. The molecule has 0 radical (unpaired) electrons. The summed E-state index contributed by atoms with van der Waals surface area (Å²) in [6.45, 7) is -0.400. The lowest BCUT2D eigenvalue weighted by molar-refractivity contribution is -0.274. The third-order valence-corrected chi connectivity index (χ3v) is 2.72. The lowest BCUT2D eigenvalue weighted by Crippen LogP contribution is -2.21. The third-order valence-electron chi connectivity index (χ3n) is 2.72. The Labute approximate surface area is 135 Å². The number of alkyl halides is 3. The van der Waals surface area contributed by atoms with Gasteiger partial charge >= 0.3 is 6.36 Å². The van der Waals surface area contributed by atoms with Gasteiger partial charge < -0.3 is 14.8 Å². The number of carbonyl (C=O) groups is 1. The van der Waals surface area contributed by atoms with Gasteiger partial charge in [0.25, 0.3) is 5.91 Å². The normalized spacial score (nSPS) is 10.6. The number of hydrogen-bond acceptors (Lipinski definition) is 4. The van der Waals surface area contributed by atoms with Crippen molar-refractivity contribution in [3.05, 3.63) is 54.1 Å². The highest BCUT2D eigenvalue weighted by molar-refractivity contribution is 5.92. The molecule has 24 heavy (non-hydrogen) atoms. The second-order valence-corrected chi connectivity index (χ2v) is 4.52. The fraction of sp³-hybridized carbons (Fsp3) is 0.125. The third kappa shape index (κ3) is 5.21. The Balaban J connectivity index is 1.95. The average Bonchev–Trinajstić information content (AvgIpc) is 2.52. The maximum absolute atomic E-state index is 12.2. The number of amides is 1. The minimum atomic E-state index is -4.81. The number of benzene rings is 2. The lowest BCUT2D eigenvalue weighted by atomic mass is 10.2. The maximum atomic E-state index is 12.2. The molecule has 0 aliphatic rings. The molecule has 2 aromatic carbocycles. The molecule has 1 N–H and O–H groups in total. The van der Waals surface area contributed by atoms with Gasteiger partial charge in [-0.2, -0.15) is 5.26 Å². The van der Waals surface area contributed by atoms with Crippen LogP contribution in [0.3, 0.4) is 0 Å². The molecule has 8 heteroatoms. The number of nitriles is 1. The van der Waals surface area contributed by atoms with E-state index < -0.39 is 24.6 Å². The summed E-state index contributed by atoms with van der Waals surface area (Å²) in [4.78, 5) is 11.8. The van der Waals surface area contributed by atoms with Gasteiger partial charge in [0.05, 0.1) is 5.56 Å². The fourth-order valence-electron chi connectivity index (χ4n) is 1.80. The van der Waals surface area contributed by atoms with E-state index in [0.29, 0.717) is 0 Å². The Morgan fingerprint density at radius 1 is 1.17 bits per heavy atom. The summed E-state index contributed by atoms with van der Waals surface area (Å²) in [5.74, 6) is -0.799. The molecule has 0 spiro atoms. The van der Waals surface area contributed by atoms with Crippen LogP contribution < -0.4 is 14.8 Å². The number of nitrogens with one attached hydrogen (secondary N) is 1. The smallest absolute Gasteiger partial charge is 0.482 e. The standard InChI is InChI=1S/C16H11F3N2O3/c17-16(18,19)24-13-6-3-5-12(8-13)21-15(22)10-23-14-7-2-1-4-11(14)9-20/h1-8H,10H2,(H,21,22). The van der Waals surface area contributed by atoms with E-state index >= 15 is 0 Å². The van der Waals surface area contributed by atoms with E-state index in [1.54, 1.807) is 12.1 Å². The molecule has 124 valence electrons. The molecule has 0 saturated carbocycles. The van der Waals surface area contributed by atoms with Gasteiger partial charge in [0, 0.05) is 11.8 Å². The van der Waals surface area contributed by atoms with Gasteiger partial charge in [0.2, 0.25) is 0 Å². The summed E-state index contributed by atoms with van der Waals surface area (Å²) in [5, 5.41) is 11.3. The van der Waals surface area contributed by atoms with Crippen LogP contribution in [0.5, 0.6) is 11.5 Å². The number of hydrogen-bond donors (Lipinski definition) is 1. The molecular formula is C16H11F3N2O3. The van der Waals surface area contributed by atoms with Crippen molar-refractivity contribution in [2.75, 3.05) is 11.9 Å². The number of nitrogens with zero attached hydrogens (tertiary/aromatic N) is 1. The quantitative estimate of drug-likeness (QED) is 0.907. The van der Waals surface area contributed by atoms with Gasteiger partial charge in [-0.05, 0) is 24.3 Å². The topological polar surface area (TPSA) is 71.3 Å². The van der Waals surface area contributed by atoms with Crippen molar-refractivity contribution in [2.45, 2.75) is 6.36 Å². The Hall–Kier alpha value is -3.21. The monoisotopic (exact) mass is 336 g/mol. The van der Waals surface area contributed by atoms with E-state index in [1.165, 1.54) is 24.3 Å². The van der Waals surface area contributed by atoms with E-state index in [2.05, 4.69) is 10.1 Å². The first-order valence-corrected chi connectivity index (χ1v) is 6.65. The minimum absolute atomic E-state index is 0.124. The SMILES string of the molecule is N#Cc1ccccc1OCC(=O)Nc1cccc(OC(F)(F)F)c1. The van der Waals surface area contributed by atoms with Gasteiger partial charge in [-0.25, -0.2) is 0 Å². The highest BCUT2D eigenvalue weighted by atomic mass is 19.4. The molecule has 0 heterocycles. The number of para-hydroxylation sites is 1. The average molecular weight is 336 g/mol. The zero-order chi connectivity index (χ0) is 17.6. The van der Waals surface area contributed by atoms with E-state index in [4.69, 9.17) is 10.00 Å². The molecule has 0 unspecified atom stereocenters. The second-order valence-electron chi connectivity index (χ2n) is 4.52. The molecule has 0 saturated heterocycles. The predicted molar refractivity (Wildman–Crippen MR) is 78.4 cm³/mol. The number of anilines is 1. The number of halogens is 3. The molecule has 0 aromatic heterocycles. The highest BCUT2D eigenvalue weighted by Crippen LogP contribution is 2.25. The van der Waals surface area contributed by atoms with Crippen molar-refractivity contribution in [1.82, 2.24) is 0 Å². The minimum Gasteiger partial charge on any atom is -0.482 e. The summed E-state index contributed by atoms with van der Waals surface area (Å²) in [6, 6.07) is 13.1. The van der Waals surface area contributed by atoms with Gasteiger partial charge in [-0.1, -0.05) is 18.2 Å². The van der Waals surface area contributed by atoms with Crippen LogP contribution in [0.1, 0.15) is 5.56 Å². The van der Waals surface area contributed by atoms with Gasteiger partial charge in [-0.3, -0.25) is 4.79 Å². The summed E-state index contributed by atoms with van der Waals surface area (Å²) in [6.07, 6.45) is -4.81. The van der Waals surface area contributed by atoms with Crippen LogP contribution in [0.15, 0.2) is 48.5 Å². The Morgan fingerprint density at radius 2 is 1.92 bits per heavy atom. The van der Waals surface area contributed by atoms with E-state index in [1.807, 2.05) is 6.07 Å². The van der Waals surface area contributed by atoms with E-state index in [9.17, 15) is 18.0 Å². The Bertz CT molecular complexity index is 770. The fourth-order valence-corrected chi connectivity index (χ4v) is 1.80. The molecule has 2 aromatic rings. The molecule has 0 aliphatic heterocycles. The van der Waals surface area contributed by atoms with Crippen LogP contribution >= 0.6 is 0 Å². The molecule has 0 fully saturated rings. The van der Waals surface area contributed by atoms with Crippen LogP contribution in [-0.4, -0.2) is 18.9 Å². The van der Waals surface area contributed by atoms with Crippen LogP contribution in [0, 0.1) is 11.3 Å². The number of rotatable bonds is 5. The second kappa shape index (κ2) is 7.37. The van der Waals surface area contributed by atoms with Crippen molar-refractivity contribution < 1.29 is 27.4 Å². The van der Waals surface area contributed by atoms with Crippen LogP contribution in [0.25, 0.3) is 0 Å². The molecule has 5 nitrogen and oxygen atoms in total. The van der Waals surface area contributed by atoms with Crippen LogP contribution in [0.4, 0.5) is 18.9 Å². The number of ether oxygens (including phenoxy) is 2. The van der Waals surface area contributed by atoms with Crippen molar-refractivity contribution in [3.63, 3.8) is 0 Å². The van der Waals surface area contributed by atoms with Gasteiger partial charge in [0.15, 0.2) is 6.61 Å². The molecule has 1 amide bonds. The van der Waals surface area contributed by atoms with Crippen molar-refractivity contribution in [2.24, 2.45) is 0 Å².